The molecule has 1 fully saturated rings. The summed E-state index contributed by atoms with van der Waals surface area (Å²) in [6.45, 7) is 3.30. The number of hydrogen-bond donors (Lipinski definition) is 2. The van der Waals surface area contributed by atoms with E-state index in [9.17, 15) is 4.79 Å². The number of morpholine rings is 1. The fourth-order valence-corrected chi connectivity index (χ4v) is 3.14. The van der Waals surface area contributed by atoms with Crippen LogP contribution < -0.4 is 10.2 Å². The molecule has 0 radical (unpaired) electrons. The molecule has 146 valence electrons. The summed E-state index contributed by atoms with van der Waals surface area (Å²) in [5, 5.41) is 10.9. The van der Waals surface area contributed by atoms with Crippen LogP contribution in [0.1, 0.15) is 0 Å². The van der Waals surface area contributed by atoms with Crippen molar-refractivity contribution in [3.05, 3.63) is 30.6 Å². The van der Waals surface area contributed by atoms with Crippen molar-refractivity contribution >= 4 is 28.6 Å². The summed E-state index contributed by atoms with van der Waals surface area (Å²) in [5.74, 6) is 1.13. The third kappa shape index (κ3) is 3.95. The lowest BCUT2D eigenvalue weighted by atomic mass is 10.1. The Morgan fingerprint density at radius 2 is 1.96 bits per heavy atom. The lowest BCUT2D eigenvalue weighted by Crippen LogP contribution is -2.37. The maximum absolute atomic E-state index is 12.1. The first-order valence-electron chi connectivity index (χ1n) is 9.18. The van der Waals surface area contributed by atoms with Crippen molar-refractivity contribution in [1.29, 1.82) is 0 Å². The molecule has 0 unspecified atom stereocenters. The van der Waals surface area contributed by atoms with Gasteiger partial charge in [0.2, 0.25) is 11.9 Å². The first-order valence-corrected chi connectivity index (χ1v) is 9.18. The highest BCUT2D eigenvalue weighted by atomic mass is 16.5. The predicted octanol–water partition coefficient (Wildman–Crippen LogP) is 1.36. The number of rotatable bonds is 5. The van der Waals surface area contributed by atoms with Gasteiger partial charge in [-0.1, -0.05) is 6.07 Å². The van der Waals surface area contributed by atoms with Crippen LogP contribution in [0.3, 0.4) is 0 Å². The maximum Gasteiger partial charge on any atom is 0.239 e. The van der Waals surface area contributed by atoms with E-state index in [0.717, 1.165) is 35.1 Å². The number of hydrogen-bond acceptors (Lipinski definition) is 7. The normalized spacial score (nSPS) is 14.6. The van der Waals surface area contributed by atoms with Crippen molar-refractivity contribution in [2.24, 2.45) is 0 Å². The molecule has 28 heavy (non-hydrogen) atoms. The maximum atomic E-state index is 12.1. The minimum atomic E-state index is -0.109. The van der Waals surface area contributed by atoms with Gasteiger partial charge in [0, 0.05) is 36.4 Å². The standard InChI is InChI=1S/C19H23N7O2/c1-25(2)12-17(27)22-18-15-9-13(3-4-16(15)23-24-18)14-10-20-19(21-11-14)26-5-7-28-8-6-26/h3-4,9-11H,5-8,12H2,1-2H3,(H2,22,23,24,27). The van der Waals surface area contributed by atoms with E-state index in [0.29, 0.717) is 31.5 Å². The van der Waals surface area contributed by atoms with Crippen LogP contribution in [0.5, 0.6) is 0 Å². The molecule has 1 amide bonds. The second kappa shape index (κ2) is 7.91. The van der Waals surface area contributed by atoms with E-state index in [4.69, 9.17) is 4.74 Å². The molecular formula is C19H23N7O2. The average molecular weight is 381 g/mol. The lowest BCUT2D eigenvalue weighted by Gasteiger charge is -2.26. The number of amides is 1. The molecule has 9 heteroatoms. The number of nitrogens with zero attached hydrogens (tertiary/aromatic N) is 5. The molecule has 0 bridgehead atoms. The summed E-state index contributed by atoms with van der Waals surface area (Å²) in [6, 6.07) is 5.91. The molecule has 2 N–H and O–H groups in total. The van der Waals surface area contributed by atoms with Crippen molar-refractivity contribution in [1.82, 2.24) is 25.1 Å². The highest BCUT2D eigenvalue weighted by Crippen LogP contribution is 2.27. The van der Waals surface area contributed by atoms with Gasteiger partial charge < -0.3 is 19.9 Å². The molecule has 0 saturated carbocycles. The molecule has 1 aliphatic heterocycles. The van der Waals surface area contributed by atoms with E-state index in [1.165, 1.54) is 0 Å². The van der Waals surface area contributed by atoms with Crippen LogP contribution in [-0.4, -0.2) is 77.9 Å². The Morgan fingerprint density at radius 3 is 2.68 bits per heavy atom. The quantitative estimate of drug-likeness (QED) is 0.688. The van der Waals surface area contributed by atoms with Crippen LogP contribution in [0, 0.1) is 0 Å². The first-order chi connectivity index (χ1) is 13.6. The third-order valence-corrected chi connectivity index (χ3v) is 4.55. The molecule has 1 aliphatic rings. The van der Waals surface area contributed by atoms with Crippen molar-refractivity contribution in [3.63, 3.8) is 0 Å². The highest BCUT2D eigenvalue weighted by molar-refractivity contribution is 6.01. The summed E-state index contributed by atoms with van der Waals surface area (Å²) in [6.07, 6.45) is 3.65. The molecule has 4 rings (SSSR count). The fraction of sp³-hybridized carbons (Fsp3) is 0.368. The zero-order valence-corrected chi connectivity index (χ0v) is 16.0. The molecular weight excluding hydrogens is 358 g/mol. The van der Waals surface area contributed by atoms with Gasteiger partial charge in [0.1, 0.15) is 0 Å². The summed E-state index contributed by atoms with van der Waals surface area (Å²) < 4.78 is 5.37. The summed E-state index contributed by atoms with van der Waals surface area (Å²) in [7, 11) is 3.70. The highest BCUT2D eigenvalue weighted by Gasteiger charge is 2.15. The number of ether oxygens (including phenoxy) is 1. The number of nitrogens with one attached hydrogen (secondary N) is 2. The van der Waals surface area contributed by atoms with E-state index < -0.39 is 0 Å². The van der Waals surface area contributed by atoms with E-state index in [2.05, 4.69) is 30.4 Å². The minimum Gasteiger partial charge on any atom is -0.378 e. The second-order valence-electron chi connectivity index (χ2n) is 6.99. The van der Waals surface area contributed by atoms with E-state index in [1.54, 1.807) is 0 Å². The molecule has 0 aliphatic carbocycles. The number of aromatic nitrogens is 4. The van der Waals surface area contributed by atoms with Crippen LogP contribution in [0.25, 0.3) is 22.0 Å². The average Bonchev–Trinajstić information content (AvgIpc) is 3.10. The van der Waals surface area contributed by atoms with Crippen LogP contribution >= 0.6 is 0 Å². The van der Waals surface area contributed by atoms with Crippen molar-refractivity contribution in [3.8, 4) is 11.1 Å². The van der Waals surface area contributed by atoms with Gasteiger partial charge in [-0.05, 0) is 31.8 Å². The Kier molecular flexibility index (Phi) is 5.18. The Bertz CT molecular complexity index is 962. The van der Waals surface area contributed by atoms with Gasteiger partial charge in [-0.25, -0.2) is 9.97 Å². The van der Waals surface area contributed by atoms with E-state index >= 15 is 0 Å². The van der Waals surface area contributed by atoms with Crippen LogP contribution in [-0.2, 0) is 9.53 Å². The van der Waals surface area contributed by atoms with Gasteiger partial charge in [0.05, 0.1) is 25.3 Å². The Hall–Kier alpha value is -3.04. The molecule has 3 heterocycles. The van der Waals surface area contributed by atoms with Crippen LogP contribution in [0.15, 0.2) is 30.6 Å². The van der Waals surface area contributed by atoms with Gasteiger partial charge in [0.25, 0.3) is 0 Å². The number of aromatic amines is 1. The molecule has 1 aromatic carbocycles. The largest absolute Gasteiger partial charge is 0.378 e. The molecule has 2 aromatic heterocycles. The van der Waals surface area contributed by atoms with Gasteiger partial charge in [-0.3, -0.25) is 9.89 Å². The number of H-pyrrole nitrogens is 1. The number of benzene rings is 1. The van der Waals surface area contributed by atoms with Gasteiger partial charge in [-0.15, -0.1) is 0 Å². The molecule has 3 aromatic rings. The summed E-state index contributed by atoms with van der Waals surface area (Å²) >= 11 is 0. The first kappa shape index (κ1) is 18.3. The smallest absolute Gasteiger partial charge is 0.239 e. The number of likely N-dealkylation sites (N-methyl/N-ethyl adjacent to an activating group) is 1. The Labute approximate surface area is 162 Å². The van der Waals surface area contributed by atoms with Gasteiger partial charge in [-0.2, -0.15) is 5.10 Å². The zero-order valence-electron chi connectivity index (χ0n) is 16.0. The van der Waals surface area contributed by atoms with Crippen molar-refractivity contribution < 1.29 is 9.53 Å². The van der Waals surface area contributed by atoms with Gasteiger partial charge >= 0.3 is 0 Å². The van der Waals surface area contributed by atoms with Gasteiger partial charge in [0.15, 0.2) is 5.82 Å². The predicted molar refractivity (Wildman–Crippen MR) is 107 cm³/mol. The number of carbonyl (C=O) groups excluding carboxylic acids is 1. The summed E-state index contributed by atoms with van der Waals surface area (Å²) in [5.41, 5.74) is 2.73. The summed E-state index contributed by atoms with van der Waals surface area (Å²) in [4.78, 5) is 25.0. The number of fused-ring (bicyclic) bond motifs is 1. The SMILES string of the molecule is CN(C)CC(=O)Nc1n[nH]c2ccc(-c3cnc(N4CCOCC4)nc3)cc12. The minimum absolute atomic E-state index is 0.109. The molecule has 9 nitrogen and oxygen atoms in total. The second-order valence-corrected chi connectivity index (χ2v) is 6.99. The Balaban J connectivity index is 1.57. The monoisotopic (exact) mass is 381 g/mol. The zero-order chi connectivity index (χ0) is 19.5. The molecule has 0 atom stereocenters. The van der Waals surface area contributed by atoms with Crippen molar-refractivity contribution in [2.45, 2.75) is 0 Å². The lowest BCUT2D eigenvalue weighted by molar-refractivity contribution is -0.116. The third-order valence-electron chi connectivity index (χ3n) is 4.55. The van der Waals surface area contributed by atoms with Crippen LogP contribution in [0.4, 0.5) is 11.8 Å². The van der Waals surface area contributed by atoms with E-state index in [-0.39, 0.29) is 5.91 Å². The number of anilines is 2. The van der Waals surface area contributed by atoms with Crippen LogP contribution in [0.2, 0.25) is 0 Å². The topological polar surface area (TPSA) is 99.3 Å². The van der Waals surface area contributed by atoms with E-state index in [1.807, 2.05) is 49.6 Å². The number of carbonyl (C=O) groups is 1. The fourth-order valence-electron chi connectivity index (χ4n) is 3.14. The molecule has 1 saturated heterocycles. The molecule has 0 spiro atoms. The van der Waals surface area contributed by atoms with Crippen molar-refractivity contribution in [2.75, 3.05) is 57.2 Å². The Morgan fingerprint density at radius 1 is 1.21 bits per heavy atom.